The van der Waals surface area contributed by atoms with Gasteiger partial charge in [0.2, 0.25) is 11.6 Å². The molecule has 0 bridgehead atoms. The van der Waals surface area contributed by atoms with Crippen LogP contribution < -0.4 is 5.32 Å². The Labute approximate surface area is 355 Å². The first-order valence-electron chi connectivity index (χ1n) is 19.0. The van der Waals surface area contributed by atoms with E-state index >= 15 is 13.6 Å². The summed E-state index contributed by atoms with van der Waals surface area (Å²) in [5.74, 6) is -6.87. The molecule has 3 aromatic carbocycles. The van der Waals surface area contributed by atoms with Crippen LogP contribution in [0.5, 0.6) is 0 Å². The topological polar surface area (TPSA) is 149 Å². The third-order valence-electron chi connectivity index (χ3n) is 10.2. The van der Waals surface area contributed by atoms with Crippen molar-refractivity contribution in [1.29, 1.82) is 0 Å². The number of amides is 3. The Kier molecular flexibility index (Phi) is 11.6. The van der Waals surface area contributed by atoms with Gasteiger partial charge in [0.05, 0.1) is 30.1 Å². The number of carbonyl (C=O) groups is 3. The number of carbonyl (C=O) groups excluding carboxylic acids is 3. The summed E-state index contributed by atoms with van der Waals surface area (Å²) < 4.78 is 101. The Morgan fingerprint density at radius 1 is 0.952 bits per heavy atom. The lowest BCUT2D eigenvalue weighted by molar-refractivity contribution is -0.279. The highest BCUT2D eigenvalue weighted by molar-refractivity contribution is 6.32. The smallest absolute Gasteiger partial charge is 0.437 e. The minimum atomic E-state index is -4.09. The van der Waals surface area contributed by atoms with E-state index in [2.05, 4.69) is 25.5 Å². The monoisotopic (exact) mass is 885 g/mol. The number of likely N-dealkylation sites (tertiary alicyclic amines) is 1. The van der Waals surface area contributed by atoms with Gasteiger partial charge in [-0.1, -0.05) is 93.0 Å². The zero-order valence-corrected chi connectivity index (χ0v) is 34.2. The van der Waals surface area contributed by atoms with Crippen LogP contribution in [0.25, 0.3) is 16.8 Å². The molecule has 5 aromatic rings. The fourth-order valence-electron chi connectivity index (χ4n) is 7.74. The zero-order chi connectivity index (χ0) is 44.8. The van der Waals surface area contributed by atoms with Gasteiger partial charge in [0.1, 0.15) is 18.5 Å². The van der Waals surface area contributed by atoms with E-state index in [-0.39, 0.29) is 35.9 Å². The average molecular weight is 886 g/mol. The number of aromatic nitrogens is 5. The number of alkyl halides is 6. The number of ether oxygens (including phenoxy) is 2. The number of hydrogen-bond donors (Lipinski definition) is 1. The second-order valence-electron chi connectivity index (χ2n) is 15.6. The van der Waals surface area contributed by atoms with Crippen molar-refractivity contribution in [2.75, 3.05) is 13.2 Å². The number of halogens is 7. The van der Waals surface area contributed by atoms with E-state index in [0.29, 0.717) is 35.9 Å². The fourth-order valence-corrected chi connectivity index (χ4v) is 7.94. The van der Waals surface area contributed by atoms with Crippen molar-refractivity contribution >= 4 is 35.7 Å². The van der Waals surface area contributed by atoms with Gasteiger partial charge in [-0.15, -0.1) is 4.99 Å². The summed E-state index contributed by atoms with van der Waals surface area (Å²) in [7, 11) is 0. The van der Waals surface area contributed by atoms with E-state index in [9.17, 15) is 27.2 Å². The Morgan fingerprint density at radius 2 is 1.65 bits per heavy atom. The second-order valence-corrected chi connectivity index (χ2v) is 16.0. The lowest BCUT2D eigenvalue weighted by atomic mass is 9.74. The summed E-state index contributed by atoms with van der Waals surface area (Å²) in [5.41, 5.74) is -5.54. The summed E-state index contributed by atoms with van der Waals surface area (Å²) in [4.78, 5) is 51.9. The van der Waals surface area contributed by atoms with Gasteiger partial charge in [-0.25, -0.2) is 37.6 Å². The third-order valence-corrected chi connectivity index (χ3v) is 10.6. The van der Waals surface area contributed by atoms with Crippen molar-refractivity contribution in [3.63, 3.8) is 0 Å². The van der Waals surface area contributed by atoms with E-state index in [1.165, 1.54) is 37.4 Å². The molecule has 2 aliphatic rings. The van der Waals surface area contributed by atoms with Crippen LogP contribution in [0.1, 0.15) is 69.6 Å². The maximum Gasteiger partial charge on any atom is 0.437 e. The molecule has 0 spiro atoms. The highest BCUT2D eigenvalue weighted by atomic mass is 35.5. The minimum Gasteiger partial charge on any atom is -0.450 e. The number of nitrogens with zero attached hydrogens (tertiary/aromatic N) is 8. The Bertz CT molecular complexity index is 2510. The van der Waals surface area contributed by atoms with Crippen LogP contribution in [0.15, 0.2) is 96.5 Å². The van der Waals surface area contributed by atoms with Crippen molar-refractivity contribution in [1.82, 2.24) is 39.7 Å². The summed E-state index contributed by atoms with van der Waals surface area (Å²) in [5, 5.41) is 10.2. The van der Waals surface area contributed by atoms with Gasteiger partial charge in [-0.2, -0.15) is 27.8 Å². The molecule has 14 nitrogen and oxygen atoms in total. The number of rotatable bonds is 11. The van der Waals surface area contributed by atoms with Crippen molar-refractivity contribution in [2.45, 2.75) is 70.8 Å². The molecule has 3 amide bonds. The van der Waals surface area contributed by atoms with Gasteiger partial charge in [0.15, 0.2) is 5.82 Å². The summed E-state index contributed by atoms with van der Waals surface area (Å²) in [6.45, 7) is 1.94. The van der Waals surface area contributed by atoms with Crippen LogP contribution in [0.3, 0.4) is 0 Å². The van der Waals surface area contributed by atoms with Gasteiger partial charge in [0.25, 0.3) is 12.3 Å². The zero-order valence-electron chi connectivity index (χ0n) is 33.4. The average Bonchev–Trinajstić information content (AvgIpc) is 3.97. The van der Waals surface area contributed by atoms with Gasteiger partial charge >= 0.3 is 24.7 Å². The molecule has 2 aliphatic heterocycles. The molecule has 2 unspecified atom stereocenters. The maximum absolute atomic E-state index is 17.3. The minimum absolute atomic E-state index is 0.153. The molecule has 1 N–H and O–H groups in total. The molecule has 2 aromatic heterocycles. The van der Waals surface area contributed by atoms with E-state index in [1.807, 2.05) is 0 Å². The van der Waals surface area contributed by atoms with Crippen LogP contribution in [0, 0.1) is 5.41 Å². The van der Waals surface area contributed by atoms with Crippen LogP contribution in [0.4, 0.5) is 35.9 Å². The van der Waals surface area contributed by atoms with Gasteiger partial charge < -0.3 is 14.8 Å². The number of guanidine groups is 1. The molecule has 326 valence electrons. The summed E-state index contributed by atoms with van der Waals surface area (Å²) >= 11 is 6.49. The van der Waals surface area contributed by atoms with Crippen LogP contribution >= 0.6 is 11.6 Å². The first-order valence-corrected chi connectivity index (χ1v) is 19.4. The van der Waals surface area contributed by atoms with Crippen LogP contribution in [-0.2, 0) is 32.1 Å². The summed E-state index contributed by atoms with van der Waals surface area (Å²) in [6, 6.07) is 17.6. The molecule has 21 heteroatoms. The standard InChI is InChI=1S/C41H38ClF6N9O5/c1-5-61-37(60)54-22-40(47,48)41(54,28-15-16-29(42)30(17-28)57-32(31(43)44)49-23-51-57)56-33(58)39(21-38(2,3)4,53-35(56)52-36(59)62-20-24-9-7-6-8-10-24)27-13-11-25(12-14-27)26-18-50-55(19-26)34(45)46/h6-19,23,31,34H,5,20-22H2,1-4H3,(H,52,53,59). The predicted molar refractivity (Wildman–Crippen MR) is 210 cm³/mol. The molecular formula is C41H38ClF6N9O5. The van der Waals surface area contributed by atoms with E-state index < -0.39 is 77.5 Å². The molecule has 4 heterocycles. The van der Waals surface area contributed by atoms with Crippen molar-refractivity contribution in [3.8, 4) is 16.8 Å². The van der Waals surface area contributed by atoms with Gasteiger partial charge in [-0.3, -0.25) is 9.69 Å². The van der Waals surface area contributed by atoms with Crippen LogP contribution in [0.2, 0.25) is 5.02 Å². The lowest BCUT2D eigenvalue weighted by Crippen LogP contribution is -2.81. The first kappa shape index (κ1) is 43.6. The molecule has 62 heavy (non-hydrogen) atoms. The molecule has 2 saturated heterocycles. The van der Waals surface area contributed by atoms with Gasteiger partial charge in [-0.05, 0) is 47.6 Å². The fraction of sp³-hybridized carbons (Fsp3) is 0.341. The second kappa shape index (κ2) is 16.4. The highest BCUT2D eigenvalue weighted by Crippen LogP contribution is 2.58. The van der Waals surface area contributed by atoms with Crippen LogP contribution in [-0.4, -0.2) is 77.5 Å². The quantitative estimate of drug-likeness (QED) is 0.129. The van der Waals surface area contributed by atoms with Crippen molar-refractivity contribution in [2.24, 2.45) is 10.4 Å². The molecule has 2 fully saturated rings. The van der Waals surface area contributed by atoms with E-state index in [0.717, 1.165) is 30.7 Å². The molecular weight excluding hydrogens is 848 g/mol. The van der Waals surface area contributed by atoms with Crippen molar-refractivity contribution < 1.29 is 50.2 Å². The van der Waals surface area contributed by atoms with E-state index in [1.54, 1.807) is 51.1 Å². The van der Waals surface area contributed by atoms with Gasteiger partial charge in [0, 0.05) is 17.3 Å². The third kappa shape index (κ3) is 7.71. The lowest BCUT2D eigenvalue weighted by Gasteiger charge is -2.59. The predicted octanol–water partition coefficient (Wildman–Crippen LogP) is 8.83. The number of benzene rings is 3. The summed E-state index contributed by atoms with van der Waals surface area (Å²) in [6.07, 6.45) is -2.82. The number of hydrogen-bond acceptors (Lipinski definition) is 8. The maximum atomic E-state index is 17.3. The molecule has 2 atom stereocenters. The largest absolute Gasteiger partial charge is 0.450 e. The Balaban J connectivity index is 1.46. The number of nitrogens with one attached hydrogen (secondary N) is 1. The Hall–Kier alpha value is -6.44. The number of aliphatic imine (C=N–C) groups is 1. The van der Waals surface area contributed by atoms with E-state index in [4.69, 9.17) is 21.1 Å². The normalized spacial score (nSPS) is 20.5. The molecule has 0 aliphatic carbocycles. The molecule has 0 radical (unpaired) electrons. The Morgan fingerprint density at radius 3 is 2.26 bits per heavy atom. The van der Waals surface area contributed by atoms with Crippen molar-refractivity contribution in [3.05, 3.63) is 119 Å². The SMILES string of the molecule is CCOC(=O)N1CC(F)(F)C1(c1ccc(Cl)c(-n2ncnc2C(F)F)c1)N1C(=O)C(CC(C)(C)C)(c2ccc(-c3cnn(C(F)F)c3)cc2)NC1=NC(=O)OCc1ccccc1. The highest BCUT2D eigenvalue weighted by Gasteiger charge is 2.78. The molecule has 7 rings (SSSR count). The molecule has 0 saturated carbocycles. The first-order chi connectivity index (χ1) is 29.3.